The number of nitrogens with zero attached hydrogens (tertiary/aromatic N) is 5. The van der Waals surface area contributed by atoms with Gasteiger partial charge in [-0.05, 0) is 54.1 Å². The van der Waals surface area contributed by atoms with Gasteiger partial charge in [-0.25, -0.2) is 4.68 Å². The molecule has 2 heterocycles. The van der Waals surface area contributed by atoms with Crippen LogP contribution in [0.1, 0.15) is 30.9 Å². The van der Waals surface area contributed by atoms with Crippen molar-refractivity contribution in [3.8, 4) is 5.75 Å². The molecular formula is C18H26N6O2S. The van der Waals surface area contributed by atoms with Crippen molar-refractivity contribution < 1.29 is 9.53 Å². The largest absolute Gasteiger partial charge is 0.497 e. The number of piperidine rings is 1. The molecule has 146 valence electrons. The van der Waals surface area contributed by atoms with E-state index in [0.29, 0.717) is 17.5 Å². The fourth-order valence-corrected chi connectivity index (χ4v) is 3.93. The summed E-state index contributed by atoms with van der Waals surface area (Å²) in [6, 6.07) is 8.30. The second-order valence-corrected chi connectivity index (χ2v) is 7.51. The lowest BCUT2D eigenvalue weighted by Gasteiger charge is -2.35. The van der Waals surface area contributed by atoms with Gasteiger partial charge in [-0.15, -0.1) is 5.10 Å². The highest BCUT2D eigenvalue weighted by atomic mass is 32.2. The Morgan fingerprint density at radius 1 is 1.26 bits per heavy atom. The molecule has 8 nitrogen and oxygen atoms in total. The van der Waals surface area contributed by atoms with Crippen molar-refractivity contribution in [3.05, 3.63) is 29.8 Å². The summed E-state index contributed by atoms with van der Waals surface area (Å²) in [5, 5.41) is 14.9. The number of tetrazole rings is 1. The van der Waals surface area contributed by atoms with E-state index in [0.717, 1.165) is 18.8 Å². The standard InChI is InChI=1S/C18H26N6O2S/c1-23-18(20-21-22-23)27-13-17(25)19-12-16(24-10-4-3-5-11-24)14-6-8-15(26-2)9-7-14/h6-9,16H,3-5,10-13H2,1-2H3,(H,19,25)/t16-/m1/s1. The Bertz CT molecular complexity index is 730. The molecular weight excluding hydrogens is 364 g/mol. The first-order chi connectivity index (χ1) is 13.2. The number of ether oxygens (including phenoxy) is 1. The van der Waals surface area contributed by atoms with Gasteiger partial charge in [0.1, 0.15) is 5.75 Å². The predicted octanol–water partition coefficient (Wildman–Crippen LogP) is 1.65. The zero-order valence-corrected chi connectivity index (χ0v) is 16.6. The van der Waals surface area contributed by atoms with E-state index in [2.05, 4.69) is 37.9 Å². The molecule has 0 radical (unpaired) electrons. The third kappa shape index (κ3) is 5.43. The van der Waals surface area contributed by atoms with Crippen LogP contribution < -0.4 is 10.1 Å². The molecule has 1 N–H and O–H groups in total. The lowest BCUT2D eigenvalue weighted by atomic mass is 10.0. The highest BCUT2D eigenvalue weighted by molar-refractivity contribution is 7.99. The second kappa shape index (κ2) is 9.70. The number of carbonyl (C=O) groups is 1. The number of rotatable bonds is 8. The Balaban J connectivity index is 1.60. The van der Waals surface area contributed by atoms with Gasteiger partial charge in [0, 0.05) is 13.6 Å². The maximum atomic E-state index is 12.3. The van der Waals surface area contributed by atoms with Crippen LogP contribution in [-0.4, -0.2) is 63.5 Å². The minimum absolute atomic E-state index is 0.0153. The van der Waals surface area contributed by atoms with Crippen LogP contribution in [-0.2, 0) is 11.8 Å². The quantitative estimate of drug-likeness (QED) is 0.686. The van der Waals surface area contributed by atoms with Gasteiger partial charge >= 0.3 is 0 Å². The molecule has 0 saturated carbocycles. The molecule has 1 saturated heterocycles. The molecule has 9 heteroatoms. The molecule has 1 atom stereocenters. The maximum Gasteiger partial charge on any atom is 0.230 e. The van der Waals surface area contributed by atoms with Crippen molar-refractivity contribution in [3.63, 3.8) is 0 Å². The summed E-state index contributed by atoms with van der Waals surface area (Å²) in [6.07, 6.45) is 3.69. The van der Waals surface area contributed by atoms with Gasteiger partial charge in [0.05, 0.1) is 18.9 Å². The first-order valence-electron chi connectivity index (χ1n) is 9.17. The Morgan fingerprint density at radius 2 is 2.00 bits per heavy atom. The Hall–Kier alpha value is -2.13. The fraction of sp³-hybridized carbons (Fsp3) is 0.556. The minimum Gasteiger partial charge on any atom is -0.497 e. The molecule has 0 aliphatic carbocycles. The summed E-state index contributed by atoms with van der Waals surface area (Å²) in [5.41, 5.74) is 1.20. The molecule has 2 aromatic rings. The number of hydrogen-bond donors (Lipinski definition) is 1. The van der Waals surface area contributed by atoms with Crippen molar-refractivity contribution in [1.29, 1.82) is 0 Å². The first-order valence-corrected chi connectivity index (χ1v) is 10.2. The molecule has 1 aliphatic heterocycles. The number of aromatic nitrogens is 4. The van der Waals surface area contributed by atoms with Gasteiger partial charge in [-0.1, -0.05) is 30.3 Å². The minimum atomic E-state index is -0.0153. The van der Waals surface area contributed by atoms with Crippen molar-refractivity contribution in [1.82, 2.24) is 30.4 Å². The lowest BCUT2D eigenvalue weighted by Crippen LogP contribution is -2.41. The van der Waals surface area contributed by atoms with Crippen LogP contribution in [0.4, 0.5) is 0 Å². The molecule has 27 heavy (non-hydrogen) atoms. The van der Waals surface area contributed by atoms with E-state index in [4.69, 9.17) is 4.74 Å². The highest BCUT2D eigenvalue weighted by Crippen LogP contribution is 2.26. The maximum absolute atomic E-state index is 12.3. The second-order valence-electron chi connectivity index (χ2n) is 6.56. The van der Waals surface area contributed by atoms with Crippen LogP contribution in [0.25, 0.3) is 0 Å². The van der Waals surface area contributed by atoms with Gasteiger partial charge in [-0.3, -0.25) is 9.69 Å². The lowest BCUT2D eigenvalue weighted by molar-refractivity contribution is -0.118. The number of thioether (sulfide) groups is 1. The van der Waals surface area contributed by atoms with Crippen molar-refractivity contribution in [2.24, 2.45) is 7.05 Å². The van der Waals surface area contributed by atoms with E-state index in [1.54, 1.807) is 18.8 Å². The van der Waals surface area contributed by atoms with Gasteiger partial charge < -0.3 is 10.1 Å². The smallest absolute Gasteiger partial charge is 0.230 e. The monoisotopic (exact) mass is 390 g/mol. The fourth-order valence-electron chi connectivity index (χ4n) is 3.25. The molecule has 1 aromatic heterocycles. The number of hydrogen-bond acceptors (Lipinski definition) is 7. The molecule has 1 aliphatic rings. The number of nitrogens with one attached hydrogen (secondary N) is 1. The highest BCUT2D eigenvalue weighted by Gasteiger charge is 2.23. The summed E-state index contributed by atoms with van der Waals surface area (Å²) in [6.45, 7) is 2.71. The van der Waals surface area contributed by atoms with Crippen molar-refractivity contribution in [2.45, 2.75) is 30.5 Å². The first kappa shape index (κ1) is 19.6. The summed E-state index contributed by atoms with van der Waals surface area (Å²) in [5.74, 6) is 1.12. The van der Waals surface area contributed by atoms with E-state index in [-0.39, 0.29) is 11.9 Å². The SMILES string of the molecule is COc1ccc([C@@H](CNC(=O)CSc2nnnn2C)N2CCCCC2)cc1. The average Bonchev–Trinajstić information content (AvgIpc) is 3.12. The Labute approximate surface area is 163 Å². The predicted molar refractivity (Wildman–Crippen MR) is 104 cm³/mol. The third-order valence-corrected chi connectivity index (χ3v) is 5.75. The molecule has 1 fully saturated rings. The topological polar surface area (TPSA) is 85.2 Å². The van der Waals surface area contributed by atoms with Crippen LogP contribution in [0, 0.1) is 0 Å². The van der Waals surface area contributed by atoms with Crippen LogP contribution in [0.15, 0.2) is 29.4 Å². The number of aryl methyl sites for hydroxylation is 1. The van der Waals surface area contributed by atoms with E-state index < -0.39 is 0 Å². The summed E-state index contributed by atoms with van der Waals surface area (Å²) in [4.78, 5) is 14.8. The van der Waals surface area contributed by atoms with Gasteiger partial charge in [0.2, 0.25) is 11.1 Å². The molecule has 1 aromatic carbocycles. The van der Waals surface area contributed by atoms with Crippen LogP contribution >= 0.6 is 11.8 Å². The Kier molecular flexibility index (Phi) is 7.05. The molecule has 0 spiro atoms. The number of methoxy groups -OCH3 is 1. The molecule has 0 bridgehead atoms. The number of amides is 1. The summed E-state index contributed by atoms with van der Waals surface area (Å²) >= 11 is 1.33. The Morgan fingerprint density at radius 3 is 2.63 bits per heavy atom. The van der Waals surface area contributed by atoms with Crippen LogP contribution in [0.5, 0.6) is 5.75 Å². The normalized spacial score (nSPS) is 16.1. The van der Waals surface area contributed by atoms with E-state index >= 15 is 0 Å². The van der Waals surface area contributed by atoms with Gasteiger partial charge in [0.15, 0.2) is 0 Å². The van der Waals surface area contributed by atoms with Crippen LogP contribution in [0.2, 0.25) is 0 Å². The summed E-state index contributed by atoms with van der Waals surface area (Å²) < 4.78 is 6.83. The van der Waals surface area contributed by atoms with E-state index in [1.807, 2.05) is 12.1 Å². The third-order valence-electron chi connectivity index (χ3n) is 4.74. The molecule has 3 rings (SSSR count). The zero-order chi connectivity index (χ0) is 19.1. The van der Waals surface area contributed by atoms with Crippen molar-refractivity contribution in [2.75, 3.05) is 32.5 Å². The molecule has 0 unspecified atom stereocenters. The number of carbonyl (C=O) groups excluding carboxylic acids is 1. The molecule has 1 amide bonds. The van der Waals surface area contributed by atoms with Gasteiger partial charge in [0.25, 0.3) is 0 Å². The van der Waals surface area contributed by atoms with Crippen LogP contribution in [0.3, 0.4) is 0 Å². The zero-order valence-electron chi connectivity index (χ0n) is 15.8. The average molecular weight is 391 g/mol. The summed E-state index contributed by atoms with van der Waals surface area (Å²) in [7, 11) is 3.43. The van der Waals surface area contributed by atoms with E-state index in [1.165, 1.54) is 36.6 Å². The number of likely N-dealkylation sites (tertiary alicyclic amines) is 1. The number of benzene rings is 1. The van der Waals surface area contributed by atoms with Crippen molar-refractivity contribution >= 4 is 17.7 Å². The van der Waals surface area contributed by atoms with E-state index in [9.17, 15) is 4.79 Å². The van der Waals surface area contributed by atoms with Gasteiger partial charge in [-0.2, -0.15) is 0 Å².